The molecule has 1 aromatic heterocycles. The Morgan fingerprint density at radius 3 is 3.00 bits per heavy atom. The second-order valence-corrected chi connectivity index (χ2v) is 2.77. The first-order valence-electron chi connectivity index (χ1n) is 4.28. The third-order valence-electron chi connectivity index (χ3n) is 1.79. The summed E-state index contributed by atoms with van der Waals surface area (Å²) in [6.07, 6.45) is 3.32. The van der Waals surface area contributed by atoms with E-state index in [4.69, 9.17) is 16.2 Å². The summed E-state index contributed by atoms with van der Waals surface area (Å²) in [5.41, 5.74) is 13.1. The first-order chi connectivity index (χ1) is 6.25. The lowest BCUT2D eigenvalue weighted by molar-refractivity contribution is 0.133. The highest BCUT2D eigenvalue weighted by Gasteiger charge is 2.08. The summed E-state index contributed by atoms with van der Waals surface area (Å²) >= 11 is 0. The molecule has 0 bridgehead atoms. The van der Waals surface area contributed by atoms with Gasteiger partial charge in [-0.15, -0.1) is 0 Å². The second kappa shape index (κ2) is 4.79. The molecule has 4 heteroatoms. The van der Waals surface area contributed by atoms with Crippen LogP contribution in [0, 0.1) is 0 Å². The SMILES string of the molecule is CCOCC(N)c1cnccc1N. The van der Waals surface area contributed by atoms with E-state index in [2.05, 4.69) is 4.98 Å². The number of anilines is 1. The highest BCUT2D eigenvalue weighted by atomic mass is 16.5. The van der Waals surface area contributed by atoms with Gasteiger partial charge in [0.05, 0.1) is 12.6 Å². The van der Waals surface area contributed by atoms with E-state index in [1.807, 2.05) is 6.92 Å². The topological polar surface area (TPSA) is 74.2 Å². The molecule has 0 saturated carbocycles. The molecule has 0 radical (unpaired) electrons. The molecule has 1 unspecified atom stereocenters. The van der Waals surface area contributed by atoms with Gasteiger partial charge in [-0.1, -0.05) is 0 Å². The molecule has 1 atom stereocenters. The Morgan fingerprint density at radius 2 is 2.38 bits per heavy atom. The molecule has 0 saturated heterocycles. The average molecular weight is 181 g/mol. The van der Waals surface area contributed by atoms with Gasteiger partial charge in [0.1, 0.15) is 0 Å². The highest BCUT2D eigenvalue weighted by molar-refractivity contribution is 5.46. The van der Waals surface area contributed by atoms with E-state index in [9.17, 15) is 0 Å². The minimum Gasteiger partial charge on any atom is -0.398 e. The number of hydrogen-bond donors (Lipinski definition) is 2. The number of nitrogen functional groups attached to an aromatic ring is 1. The lowest BCUT2D eigenvalue weighted by atomic mass is 10.1. The fourth-order valence-corrected chi connectivity index (χ4v) is 1.06. The van der Waals surface area contributed by atoms with Crippen LogP contribution >= 0.6 is 0 Å². The van der Waals surface area contributed by atoms with Crippen LogP contribution in [0.2, 0.25) is 0 Å². The van der Waals surface area contributed by atoms with Gasteiger partial charge in [-0.25, -0.2) is 0 Å². The summed E-state index contributed by atoms with van der Waals surface area (Å²) in [6, 6.07) is 1.55. The quantitative estimate of drug-likeness (QED) is 0.717. The van der Waals surface area contributed by atoms with Crippen LogP contribution in [-0.2, 0) is 4.74 Å². The van der Waals surface area contributed by atoms with Crippen LogP contribution in [0.3, 0.4) is 0 Å². The Hall–Kier alpha value is -1.13. The minimum absolute atomic E-state index is 0.186. The molecular formula is C9H15N3O. The lowest BCUT2D eigenvalue weighted by Crippen LogP contribution is -2.18. The average Bonchev–Trinajstić information content (AvgIpc) is 2.15. The number of rotatable bonds is 4. The molecule has 0 aliphatic heterocycles. The van der Waals surface area contributed by atoms with Crippen molar-refractivity contribution in [1.29, 1.82) is 0 Å². The van der Waals surface area contributed by atoms with Crippen molar-refractivity contribution in [2.75, 3.05) is 18.9 Å². The van der Waals surface area contributed by atoms with Crippen molar-refractivity contribution in [3.63, 3.8) is 0 Å². The van der Waals surface area contributed by atoms with Crippen LogP contribution < -0.4 is 11.5 Å². The van der Waals surface area contributed by atoms with Crippen LogP contribution in [0.4, 0.5) is 5.69 Å². The molecule has 1 aromatic rings. The summed E-state index contributed by atoms with van der Waals surface area (Å²) in [5.74, 6) is 0. The number of ether oxygens (including phenoxy) is 1. The number of nitrogens with zero attached hydrogens (tertiary/aromatic N) is 1. The first kappa shape index (κ1) is 9.95. The molecule has 0 aliphatic rings. The molecule has 4 nitrogen and oxygen atoms in total. The Kier molecular flexibility index (Phi) is 3.67. The Morgan fingerprint density at radius 1 is 1.62 bits per heavy atom. The van der Waals surface area contributed by atoms with Crippen molar-refractivity contribution in [3.05, 3.63) is 24.0 Å². The molecule has 72 valence electrons. The van der Waals surface area contributed by atoms with Crippen molar-refractivity contribution < 1.29 is 4.74 Å². The molecular weight excluding hydrogens is 166 g/mol. The lowest BCUT2D eigenvalue weighted by Gasteiger charge is -2.12. The molecule has 13 heavy (non-hydrogen) atoms. The number of nitrogens with two attached hydrogens (primary N) is 2. The molecule has 1 heterocycles. The zero-order valence-corrected chi connectivity index (χ0v) is 7.73. The van der Waals surface area contributed by atoms with Gasteiger partial charge in [-0.3, -0.25) is 4.98 Å². The van der Waals surface area contributed by atoms with Crippen molar-refractivity contribution in [3.8, 4) is 0 Å². The van der Waals surface area contributed by atoms with Gasteiger partial charge in [-0.05, 0) is 13.0 Å². The van der Waals surface area contributed by atoms with Crippen LogP contribution in [0.1, 0.15) is 18.5 Å². The van der Waals surface area contributed by atoms with Crippen LogP contribution in [0.5, 0.6) is 0 Å². The first-order valence-corrected chi connectivity index (χ1v) is 4.28. The van der Waals surface area contributed by atoms with Gasteiger partial charge in [0.15, 0.2) is 0 Å². The fourth-order valence-electron chi connectivity index (χ4n) is 1.06. The fraction of sp³-hybridized carbons (Fsp3) is 0.444. The highest BCUT2D eigenvalue weighted by Crippen LogP contribution is 2.16. The summed E-state index contributed by atoms with van der Waals surface area (Å²) in [4.78, 5) is 3.96. The van der Waals surface area contributed by atoms with Crippen LogP contribution in [0.25, 0.3) is 0 Å². The van der Waals surface area contributed by atoms with Crippen LogP contribution in [-0.4, -0.2) is 18.2 Å². The van der Waals surface area contributed by atoms with Gasteiger partial charge in [0.25, 0.3) is 0 Å². The van der Waals surface area contributed by atoms with Gasteiger partial charge < -0.3 is 16.2 Å². The maximum absolute atomic E-state index is 5.84. The summed E-state index contributed by atoms with van der Waals surface area (Å²) in [6.45, 7) is 3.07. The van der Waals surface area contributed by atoms with E-state index >= 15 is 0 Å². The number of aromatic nitrogens is 1. The maximum Gasteiger partial charge on any atom is 0.0660 e. The molecule has 4 N–H and O–H groups in total. The van der Waals surface area contributed by atoms with E-state index in [0.29, 0.717) is 18.9 Å². The Labute approximate surface area is 77.9 Å². The predicted octanol–water partition coefficient (Wildman–Crippen LogP) is 0.700. The molecule has 0 spiro atoms. The summed E-state index contributed by atoms with van der Waals surface area (Å²) in [7, 11) is 0. The molecule has 0 amide bonds. The second-order valence-electron chi connectivity index (χ2n) is 2.77. The zero-order valence-electron chi connectivity index (χ0n) is 7.73. The smallest absolute Gasteiger partial charge is 0.0660 e. The maximum atomic E-state index is 5.84. The summed E-state index contributed by atoms with van der Waals surface area (Å²) in [5, 5.41) is 0. The number of hydrogen-bond acceptors (Lipinski definition) is 4. The monoisotopic (exact) mass is 181 g/mol. The van der Waals surface area contributed by atoms with Crippen molar-refractivity contribution in [2.45, 2.75) is 13.0 Å². The van der Waals surface area contributed by atoms with Crippen molar-refractivity contribution >= 4 is 5.69 Å². The third-order valence-corrected chi connectivity index (χ3v) is 1.79. The Balaban J connectivity index is 2.65. The molecule has 1 rings (SSSR count). The minimum atomic E-state index is -0.186. The predicted molar refractivity (Wildman–Crippen MR) is 52.1 cm³/mol. The van der Waals surface area contributed by atoms with E-state index in [0.717, 1.165) is 5.56 Å². The summed E-state index contributed by atoms with van der Waals surface area (Å²) < 4.78 is 5.20. The van der Waals surface area contributed by atoms with E-state index in [-0.39, 0.29) is 6.04 Å². The zero-order chi connectivity index (χ0) is 9.68. The van der Waals surface area contributed by atoms with E-state index in [1.54, 1.807) is 18.5 Å². The van der Waals surface area contributed by atoms with Crippen LogP contribution in [0.15, 0.2) is 18.5 Å². The van der Waals surface area contributed by atoms with Crippen molar-refractivity contribution in [1.82, 2.24) is 4.98 Å². The van der Waals surface area contributed by atoms with Crippen molar-refractivity contribution in [2.24, 2.45) is 5.73 Å². The van der Waals surface area contributed by atoms with Gasteiger partial charge >= 0.3 is 0 Å². The Bertz CT molecular complexity index is 265. The standard InChI is InChI=1S/C9H15N3O/c1-2-13-6-9(11)7-5-12-4-3-8(7)10/h3-5,9H,2,6,11H2,1H3,(H2,10,12). The molecule has 0 aliphatic carbocycles. The largest absolute Gasteiger partial charge is 0.398 e. The normalized spacial score (nSPS) is 12.8. The third kappa shape index (κ3) is 2.68. The van der Waals surface area contributed by atoms with Gasteiger partial charge in [0, 0.05) is 30.3 Å². The molecule has 0 fully saturated rings. The van der Waals surface area contributed by atoms with Gasteiger partial charge in [-0.2, -0.15) is 0 Å². The van der Waals surface area contributed by atoms with E-state index < -0.39 is 0 Å². The van der Waals surface area contributed by atoms with Gasteiger partial charge in [0.2, 0.25) is 0 Å². The van der Waals surface area contributed by atoms with E-state index in [1.165, 1.54) is 0 Å². The molecule has 0 aromatic carbocycles. The number of pyridine rings is 1.